The second-order valence-corrected chi connectivity index (χ2v) is 6.50. The number of urea groups is 1. The Kier molecular flexibility index (Phi) is 5.09. The Hall–Kier alpha value is -1.21. The summed E-state index contributed by atoms with van der Waals surface area (Å²) in [5.41, 5.74) is 0.134. The Bertz CT molecular complexity index is 456. The molecular weight excluding hydrogens is 284 g/mol. The van der Waals surface area contributed by atoms with Gasteiger partial charge in [0.25, 0.3) is 0 Å². The van der Waals surface area contributed by atoms with Crippen LogP contribution in [0.15, 0.2) is 11.4 Å². The zero-order valence-electron chi connectivity index (χ0n) is 10.3. The molecule has 2 heterocycles. The van der Waals surface area contributed by atoms with Gasteiger partial charge in [-0.1, -0.05) is 0 Å². The number of carbonyl (C=O) groups is 2. The number of hydrogen-bond donors (Lipinski definition) is 3. The van der Waals surface area contributed by atoms with Crippen LogP contribution in [-0.2, 0) is 0 Å². The summed E-state index contributed by atoms with van der Waals surface area (Å²) in [6, 6.07) is 1.16. The van der Waals surface area contributed by atoms with Gasteiger partial charge in [-0.2, -0.15) is 11.8 Å². The van der Waals surface area contributed by atoms with Crippen molar-refractivity contribution in [2.75, 3.05) is 23.4 Å². The molecule has 2 amide bonds. The molecular formula is C12H16N2O3S2. The molecule has 1 aliphatic rings. The van der Waals surface area contributed by atoms with Crippen molar-refractivity contribution in [3.63, 3.8) is 0 Å². The minimum Gasteiger partial charge on any atom is -0.478 e. The average Bonchev–Trinajstić information content (AvgIpc) is 2.86. The fourth-order valence-corrected chi connectivity index (χ4v) is 3.89. The fourth-order valence-electron chi connectivity index (χ4n) is 1.91. The van der Waals surface area contributed by atoms with Crippen LogP contribution in [0.4, 0.5) is 9.80 Å². The van der Waals surface area contributed by atoms with Crippen LogP contribution in [0, 0.1) is 5.92 Å². The summed E-state index contributed by atoms with van der Waals surface area (Å²) in [5, 5.41) is 16.4. The topological polar surface area (TPSA) is 78.4 Å². The van der Waals surface area contributed by atoms with Crippen LogP contribution in [0.5, 0.6) is 0 Å². The van der Waals surface area contributed by atoms with Gasteiger partial charge in [-0.15, -0.1) is 11.3 Å². The van der Waals surface area contributed by atoms with E-state index in [-0.39, 0.29) is 11.6 Å². The summed E-state index contributed by atoms with van der Waals surface area (Å²) in [6.07, 6.45) is 2.26. The number of amides is 2. The van der Waals surface area contributed by atoms with Crippen LogP contribution in [0.25, 0.3) is 0 Å². The first-order valence-corrected chi connectivity index (χ1v) is 8.13. The smallest absolute Gasteiger partial charge is 0.338 e. The van der Waals surface area contributed by atoms with Crippen LogP contribution in [0.2, 0.25) is 0 Å². The van der Waals surface area contributed by atoms with Crippen LogP contribution in [0.1, 0.15) is 23.2 Å². The maximum Gasteiger partial charge on any atom is 0.338 e. The molecule has 1 aliphatic heterocycles. The Labute approximate surface area is 119 Å². The predicted octanol–water partition coefficient (Wildman–Crippen LogP) is 2.71. The van der Waals surface area contributed by atoms with E-state index in [2.05, 4.69) is 10.6 Å². The van der Waals surface area contributed by atoms with Crippen molar-refractivity contribution in [3.05, 3.63) is 17.0 Å². The van der Waals surface area contributed by atoms with Crippen molar-refractivity contribution >= 4 is 40.1 Å². The number of carboxylic acids is 1. The number of anilines is 1. The minimum atomic E-state index is -1.03. The number of hydrogen-bond acceptors (Lipinski definition) is 4. The molecule has 0 unspecified atom stereocenters. The van der Waals surface area contributed by atoms with Crippen molar-refractivity contribution in [2.45, 2.75) is 12.8 Å². The van der Waals surface area contributed by atoms with E-state index < -0.39 is 5.97 Å². The SMILES string of the molecule is O=C(NCC1CCSCC1)Nc1sccc1C(=O)O. The molecule has 3 N–H and O–H groups in total. The highest BCUT2D eigenvalue weighted by atomic mass is 32.2. The lowest BCUT2D eigenvalue weighted by Crippen LogP contribution is -2.34. The first-order valence-electron chi connectivity index (χ1n) is 6.10. The first kappa shape index (κ1) is 14.2. The van der Waals surface area contributed by atoms with Gasteiger partial charge in [0.1, 0.15) is 5.00 Å². The van der Waals surface area contributed by atoms with E-state index in [9.17, 15) is 9.59 Å². The van der Waals surface area contributed by atoms with Gasteiger partial charge in [0.05, 0.1) is 5.56 Å². The largest absolute Gasteiger partial charge is 0.478 e. The lowest BCUT2D eigenvalue weighted by molar-refractivity contribution is 0.0698. The van der Waals surface area contributed by atoms with Gasteiger partial charge in [-0.3, -0.25) is 5.32 Å². The second-order valence-electron chi connectivity index (χ2n) is 4.36. The molecule has 0 saturated carbocycles. The van der Waals surface area contributed by atoms with Crippen molar-refractivity contribution < 1.29 is 14.7 Å². The first-order chi connectivity index (χ1) is 9.16. The number of nitrogens with one attached hydrogen (secondary N) is 2. The predicted molar refractivity (Wildman–Crippen MR) is 78.3 cm³/mol. The Balaban J connectivity index is 1.80. The monoisotopic (exact) mass is 300 g/mol. The second kappa shape index (κ2) is 6.81. The third-order valence-electron chi connectivity index (χ3n) is 3.01. The van der Waals surface area contributed by atoms with E-state index in [0.717, 1.165) is 24.3 Å². The van der Waals surface area contributed by atoms with Gasteiger partial charge < -0.3 is 10.4 Å². The molecule has 0 atom stereocenters. The maximum atomic E-state index is 11.7. The van der Waals surface area contributed by atoms with Gasteiger partial charge in [0.2, 0.25) is 0 Å². The molecule has 0 radical (unpaired) electrons. The number of thioether (sulfide) groups is 1. The molecule has 5 nitrogen and oxygen atoms in total. The Morgan fingerprint density at radius 2 is 2.11 bits per heavy atom. The molecule has 1 aromatic rings. The lowest BCUT2D eigenvalue weighted by Gasteiger charge is -2.21. The molecule has 2 rings (SSSR count). The van der Waals surface area contributed by atoms with Crippen molar-refractivity contribution in [2.24, 2.45) is 5.92 Å². The maximum absolute atomic E-state index is 11.7. The number of carbonyl (C=O) groups excluding carboxylic acids is 1. The lowest BCUT2D eigenvalue weighted by atomic mass is 10.0. The summed E-state index contributed by atoms with van der Waals surface area (Å²) in [7, 11) is 0. The van der Waals surface area contributed by atoms with E-state index in [0.29, 0.717) is 17.5 Å². The Morgan fingerprint density at radius 1 is 1.37 bits per heavy atom. The molecule has 19 heavy (non-hydrogen) atoms. The van der Waals surface area contributed by atoms with Gasteiger partial charge in [-0.05, 0) is 41.7 Å². The molecule has 0 aromatic carbocycles. The van der Waals surface area contributed by atoms with Crippen LogP contribution in [0.3, 0.4) is 0 Å². The molecule has 0 bridgehead atoms. The number of aromatic carboxylic acids is 1. The van der Waals surface area contributed by atoms with Crippen molar-refractivity contribution in [1.82, 2.24) is 5.32 Å². The molecule has 0 spiro atoms. The number of thiophene rings is 1. The quantitative estimate of drug-likeness (QED) is 0.799. The van der Waals surface area contributed by atoms with Gasteiger partial charge >= 0.3 is 12.0 Å². The minimum absolute atomic E-state index is 0.134. The van der Waals surface area contributed by atoms with Gasteiger partial charge in [0, 0.05) is 6.54 Å². The van der Waals surface area contributed by atoms with Crippen molar-refractivity contribution in [1.29, 1.82) is 0 Å². The summed E-state index contributed by atoms with van der Waals surface area (Å²) in [6.45, 7) is 0.653. The summed E-state index contributed by atoms with van der Waals surface area (Å²) in [4.78, 5) is 22.6. The molecule has 1 saturated heterocycles. The highest BCUT2D eigenvalue weighted by Gasteiger charge is 2.16. The van der Waals surface area contributed by atoms with E-state index in [1.165, 1.54) is 17.4 Å². The number of rotatable bonds is 4. The molecule has 104 valence electrons. The van der Waals surface area contributed by atoms with Gasteiger partial charge in [-0.25, -0.2) is 9.59 Å². The highest BCUT2D eigenvalue weighted by Crippen LogP contribution is 2.23. The van der Waals surface area contributed by atoms with E-state index in [4.69, 9.17) is 5.11 Å². The summed E-state index contributed by atoms with van der Waals surface area (Å²) >= 11 is 3.16. The van der Waals surface area contributed by atoms with Crippen LogP contribution in [-0.4, -0.2) is 35.2 Å². The zero-order valence-corrected chi connectivity index (χ0v) is 12.0. The number of carboxylic acid groups (broad SMARTS) is 1. The normalized spacial score (nSPS) is 16.0. The van der Waals surface area contributed by atoms with E-state index in [1.807, 2.05) is 11.8 Å². The van der Waals surface area contributed by atoms with Crippen molar-refractivity contribution in [3.8, 4) is 0 Å². The molecule has 1 aromatic heterocycles. The Morgan fingerprint density at radius 3 is 2.79 bits per heavy atom. The summed E-state index contributed by atoms with van der Waals surface area (Å²) < 4.78 is 0. The van der Waals surface area contributed by atoms with E-state index >= 15 is 0 Å². The molecule has 1 fully saturated rings. The third kappa shape index (κ3) is 4.14. The van der Waals surface area contributed by atoms with Crippen LogP contribution >= 0.6 is 23.1 Å². The van der Waals surface area contributed by atoms with E-state index in [1.54, 1.807) is 5.38 Å². The average molecular weight is 300 g/mol. The third-order valence-corrected chi connectivity index (χ3v) is 4.89. The van der Waals surface area contributed by atoms with Crippen LogP contribution < -0.4 is 10.6 Å². The zero-order chi connectivity index (χ0) is 13.7. The van der Waals surface area contributed by atoms with Gasteiger partial charge in [0.15, 0.2) is 0 Å². The standard InChI is InChI=1S/C12H16N2O3S2/c15-11(16)9-3-6-19-10(9)14-12(17)13-7-8-1-4-18-5-2-8/h3,6,8H,1-2,4-5,7H2,(H,15,16)(H2,13,14,17). The highest BCUT2D eigenvalue weighted by molar-refractivity contribution is 7.99. The molecule has 0 aliphatic carbocycles. The molecule has 7 heteroatoms. The fraction of sp³-hybridized carbons (Fsp3) is 0.500. The summed E-state index contributed by atoms with van der Waals surface area (Å²) in [5.74, 6) is 1.82.